The lowest BCUT2D eigenvalue weighted by atomic mass is 10.0. The van der Waals surface area contributed by atoms with Gasteiger partial charge in [0.05, 0.1) is 0 Å². The van der Waals surface area contributed by atoms with Crippen molar-refractivity contribution in [3.63, 3.8) is 0 Å². The highest BCUT2D eigenvalue weighted by molar-refractivity contribution is 5.76. The molecule has 1 aliphatic heterocycles. The van der Waals surface area contributed by atoms with Gasteiger partial charge in [-0.25, -0.2) is 0 Å². The van der Waals surface area contributed by atoms with Gasteiger partial charge in [0.2, 0.25) is 5.91 Å². The molecule has 0 bridgehead atoms. The Bertz CT molecular complexity index is 664. The zero-order chi connectivity index (χ0) is 16.1. The first-order valence-corrected chi connectivity index (χ1v) is 8.37. The number of nitrogens with zero attached hydrogens (tertiary/aromatic N) is 1. The van der Waals surface area contributed by atoms with Crippen LogP contribution < -0.4 is 10.2 Å². The van der Waals surface area contributed by atoms with E-state index in [-0.39, 0.29) is 5.91 Å². The molecule has 0 atom stereocenters. The van der Waals surface area contributed by atoms with E-state index in [0.717, 1.165) is 25.1 Å². The summed E-state index contributed by atoms with van der Waals surface area (Å²) >= 11 is 0. The summed E-state index contributed by atoms with van der Waals surface area (Å²) in [7, 11) is 0. The van der Waals surface area contributed by atoms with Gasteiger partial charge in [-0.3, -0.25) is 4.79 Å². The second-order valence-electron chi connectivity index (χ2n) is 6.23. The van der Waals surface area contributed by atoms with Gasteiger partial charge in [0.15, 0.2) is 0 Å². The molecule has 120 valence electrons. The summed E-state index contributed by atoms with van der Waals surface area (Å²) in [5.74, 6) is 0.119. The van der Waals surface area contributed by atoms with Gasteiger partial charge in [-0.2, -0.15) is 0 Å². The zero-order valence-electron chi connectivity index (χ0n) is 13.7. The van der Waals surface area contributed by atoms with Crippen LogP contribution in [0.25, 0.3) is 0 Å². The minimum atomic E-state index is 0.119. The maximum Gasteiger partial charge on any atom is 0.222 e. The number of fused-ring (bicyclic) bond motifs is 1. The van der Waals surface area contributed by atoms with E-state index in [0.29, 0.717) is 13.0 Å². The first-order valence-electron chi connectivity index (χ1n) is 8.37. The van der Waals surface area contributed by atoms with Crippen LogP contribution in [0.3, 0.4) is 0 Å². The number of aryl methyl sites for hydroxylation is 2. The number of carbonyl (C=O) groups excluding carboxylic acids is 1. The van der Waals surface area contributed by atoms with E-state index in [4.69, 9.17) is 0 Å². The summed E-state index contributed by atoms with van der Waals surface area (Å²) < 4.78 is 0. The summed E-state index contributed by atoms with van der Waals surface area (Å²) in [5.41, 5.74) is 5.08. The van der Waals surface area contributed by atoms with Crippen molar-refractivity contribution in [2.75, 3.05) is 18.0 Å². The van der Waals surface area contributed by atoms with E-state index in [1.54, 1.807) is 0 Å². The number of nitrogens with one attached hydrogen (secondary N) is 1. The average molecular weight is 308 g/mol. The first kappa shape index (κ1) is 15.6. The molecule has 1 N–H and O–H groups in total. The van der Waals surface area contributed by atoms with Crippen molar-refractivity contribution in [3.8, 4) is 0 Å². The van der Waals surface area contributed by atoms with E-state index >= 15 is 0 Å². The minimum absolute atomic E-state index is 0.119. The maximum absolute atomic E-state index is 12.1. The number of hydrogen-bond acceptors (Lipinski definition) is 2. The van der Waals surface area contributed by atoms with E-state index in [1.807, 2.05) is 0 Å². The third-order valence-corrected chi connectivity index (χ3v) is 4.43. The molecule has 0 aromatic heterocycles. The summed E-state index contributed by atoms with van der Waals surface area (Å²) in [6, 6.07) is 16.8. The van der Waals surface area contributed by atoms with Crippen LogP contribution >= 0.6 is 0 Å². The van der Waals surface area contributed by atoms with Crippen molar-refractivity contribution in [1.82, 2.24) is 5.32 Å². The van der Waals surface area contributed by atoms with Crippen LogP contribution in [0.2, 0.25) is 0 Å². The number of anilines is 1. The Morgan fingerprint density at radius 1 is 1.13 bits per heavy atom. The van der Waals surface area contributed by atoms with Crippen LogP contribution in [0.4, 0.5) is 5.69 Å². The molecule has 0 spiro atoms. The van der Waals surface area contributed by atoms with Crippen LogP contribution in [-0.2, 0) is 17.8 Å². The van der Waals surface area contributed by atoms with Crippen molar-refractivity contribution in [3.05, 3.63) is 65.2 Å². The highest BCUT2D eigenvalue weighted by atomic mass is 16.1. The highest BCUT2D eigenvalue weighted by Gasteiger charge is 2.16. The molecule has 1 aliphatic rings. The monoisotopic (exact) mass is 308 g/mol. The molecule has 3 nitrogen and oxygen atoms in total. The molecule has 0 unspecified atom stereocenters. The smallest absolute Gasteiger partial charge is 0.222 e. The van der Waals surface area contributed by atoms with Crippen LogP contribution in [-0.4, -0.2) is 19.0 Å². The molecule has 0 radical (unpaired) electrons. The molecule has 1 amide bonds. The lowest BCUT2D eigenvalue weighted by Crippen LogP contribution is -2.34. The molecule has 0 aliphatic carbocycles. The lowest BCUT2D eigenvalue weighted by molar-refractivity contribution is -0.121. The number of amides is 1. The predicted molar refractivity (Wildman–Crippen MR) is 94.6 cm³/mol. The fourth-order valence-electron chi connectivity index (χ4n) is 3.08. The number of para-hydroxylation sites is 1. The highest BCUT2D eigenvalue weighted by Crippen LogP contribution is 2.26. The van der Waals surface area contributed by atoms with Crippen LogP contribution in [0.15, 0.2) is 48.5 Å². The quantitative estimate of drug-likeness (QED) is 0.917. The number of benzene rings is 2. The Morgan fingerprint density at radius 3 is 2.74 bits per heavy atom. The Hall–Kier alpha value is -2.29. The van der Waals surface area contributed by atoms with Gasteiger partial charge >= 0.3 is 0 Å². The van der Waals surface area contributed by atoms with Gasteiger partial charge in [0.1, 0.15) is 0 Å². The van der Waals surface area contributed by atoms with Crippen molar-refractivity contribution >= 4 is 11.6 Å². The van der Waals surface area contributed by atoms with Gasteiger partial charge in [-0.05, 0) is 37.0 Å². The van der Waals surface area contributed by atoms with Gasteiger partial charge in [0, 0.05) is 31.7 Å². The normalized spacial score (nSPS) is 13.5. The van der Waals surface area contributed by atoms with Crippen molar-refractivity contribution in [1.29, 1.82) is 0 Å². The Balaban J connectivity index is 1.49. The Morgan fingerprint density at radius 2 is 1.91 bits per heavy atom. The molecule has 3 rings (SSSR count). The average Bonchev–Trinajstić information content (AvgIpc) is 2.59. The Labute approximate surface area is 138 Å². The summed E-state index contributed by atoms with van der Waals surface area (Å²) in [4.78, 5) is 14.4. The minimum Gasteiger partial charge on any atom is -0.371 e. The van der Waals surface area contributed by atoms with Gasteiger partial charge in [0.25, 0.3) is 0 Å². The summed E-state index contributed by atoms with van der Waals surface area (Å²) in [6.45, 7) is 4.51. The SMILES string of the molecule is Cc1ccc(CNC(=O)CCN2CCCc3ccccc32)cc1. The summed E-state index contributed by atoms with van der Waals surface area (Å²) in [6.07, 6.45) is 2.86. The predicted octanol–water partition coefficient (Wildman–Crippen LogP) is 3.45. The number of hydrogen-bond donors (Lipinski definition) is 1. The molecule has 0 saturated heterocycles. The topological polar surface area (TPSA) is 32.3 Å². The number of rotatable bonds is 5. The molecule has 0 fully saturated rings. The third kappa shape index (κ3) is 4.13. The fraction of sp³-hybridized carbons (Fsp3) is 0.350. The van der Waals surface area contributed by atoms with Crippen LogP contribution in [0.1, 0.15) is 29.5 Å². The molecule has 2 aromatic carbocycles. The van der Waals surface area contributed by atoms with Gasteiger partial charge < -0.3 is 10.2 Å². The molecule has 0 saturated carbocycles. The standard InChI is InChI=1S/C20H24N2O/c1-16-8-10-17(11-9-16)15-21-20(23)12-14-22-13-4-6-18-5-2-3-7-19(18)22/h2-3,5,7-11H,4,6,12-15H2,1H3,(H,21,23). The molecular formula is C20H24N2O. The van der Waals surface area contributed by atoms with E-state index in [1.165, 1.54) is 23.2 Å². The van der Waals surface area contributed by atoms with E-state index in [9.17, 15) is 4.79 Å². The molecular weight excluding hydrogens is 284 g/mol. The largest absolute Gasteiger partial charge is 0.371 e. The maximum atomic E-state index is 12.1. The van der Waals surface area contributed by atoms with Crippen molar-refractivity contribution in [2.24, 2.45) is 0 Å². The van der Waals surface area contributed by atoms with Crippen molar-refractivity contribution in [2.45, 2.75) is 32.7 Å². The van der Waals surface area contributed by atoms with Crippen LogP contribution in [0, 0.1) is 6.92 Å². The van der Waals surface area contributed by atoms with E-state index < -0.39 is 0 Å². The second-order valence-corrected chi connectivity index (χ2v) is 6.23. The lowest BCUT2D eigenvalue weighted by Gasteiger charge is -2.31. The molecule has 1 heterocycles. The molecule has 2 aromatic rings. The van der Waals surface area contributed by atoms with Crippen LogP contribution in [0.5, 0.6) is 0 Å². The summed E-state index contributed by atoms with van der Waals surface area (Å²) in [5, 5.41) is 3.02. The van der Waals surface area contributed by atoms with Crippen molar-refractivity contribution < 1.29 is 4.79 Å². The Kier molecular flexibility index (Phi) is 4.96. The van der Waals surface area contributed by atoms with E-state index in [2.05, 4.69) is 65.7 Å². The molecule has 23 heavy (non-hydrogen) atoms. The molecule has 3 heteroatoms. The third-order valence-electron chi connectivity index (χ3n) is 4.43. The fourth-order valence-corrected chi connectivity index (χ4v) is 3.08. The van der Waals surface area contributed by atoms with Gasteiger partial charge in [-0.15, -0.1) is 0 Å². The van der Waals surface area contributed by atoms with Gasteiger partial charge in [-0.1, -0.05) is 48.0 Å². The first-order chi connectivity index (χ1) is 11.2. The zero-order valence-corrected chi connectivity index (χ0v) is 13.7. The number of carbonyl (C=O) groups is 1. The second kappa shape index (κ2) is 7.32.